The van der Waals surface area contributed by atoms with Gasteiger partial charge in [-0.3, -0.25) is 0 Å². The van der Waals surface area contributed by atoms with Crippen LogP contribution < -0.4 is 0 Å². The molecule has 6 heteroatoms. The van der Waals surface area contributed by atoms with E-state index in [1.165, 1.54) is 7.11 Å². The summed E-state index contributed by atoms with van der Waals surface area (Å²) in [4.78, 5) is 11.9. The molecular weight excluding hydrogens is 259 g/mol. The highest BCUT2D eigenvalue weighted by molar-refractivity contribution is 6.54. The first-order valence-electron chi connectivity index (χ1n) is 7.00. The summed E-state index contributed by atoms with van der Waals surface area (Å²) in [6.45, 7) is 6.06. The van der Waals surface area contributed by atoms with Gasteiger partial charge in [-0.15, -0.1) is 0 Å². The van der Waals surface area contributed by atoms with Crippen LogP contribution in [0.2, 0.25) is 0 Å². The van der Waals surface area contributed by atoms with Crippen molar-refractivity contribution in [3.05, 3.63) is 11.5 Å². The van der Waals surface area contributed by atoms with Crippen molar-refractivity contribution < 1.29 is 23.6 Å². The van der Waals surface area contributed by atoms with Crippen LogP contribution in [0.4, 0.5) is 0 Å². The average molecular weight is 282 g/mol. The maximum absolute atomic E-state index is 11.9. The Morgan fingerprint density at radius 1 is 1.45 bits per heavy atom. The summed E-state index contributed by atoms with van der Waals surface area (Å²) < 4.78 is 22.0. The Morgan fingerprint density at radius 3 is 2.55 bits per heavy atom. The average Bonchev–Trinajstić information content (AvgIpc) is 2.72. The van der Waals surface area contributed by atoms with E-state index in [-0.39, 0.29) is 24.8 Å². The second-order valence-corrected chi connectivity index (χ2v) is 6.00. The van der Waals surface area contributed by atoms with Gasteiger partial charge in [0.2, 0.25) is 0 Å². The predicted octanol–water partition coefficient (Wildman–Crippen LogP) is 1.90. The Morgan fingerprint density at radius 2 is 2.15 bits per heavy atom. The molecule has 2 atom stereocenters. The molecule has 20 heavy (non-hydrogen) atoms. The molecule has 5 nitrogen and oxygen atoms in total. The van der Waals surface area contributed by atoms with Gasteiger partial charge in [0, 0.05) is 13.5 Å². The molecule has 0 amide bonds. The van der Waals surface area contributed by atoms with Crippen LogP contribution in [0.5, 0.6) is 0 Å². The van der Waals surface area contributed by atoms with Gasteiger partial charge in [0.05, 0.1) is 18.8 Å². The van der Waals surface area contributed by atoms with E-state index < -0.39 is 5.60 Å². The Kier molecular flexibility index (Phi) is 4.28. The lowest BCUT2D eigenvalue weighted by Crippen LogP contribution is -2.44. The molecule has 0 aromatic rings. The normalized spacial score (nSPS) is 33.0. The third-order valence-electron chi connectivity index (χ3n) is 4.48. The van der Waals surface area contributed by atoms with Gasteiger partial charge in [-0.1, -0.05) is 6.08 Å². The number of rotatable bonds is 3. The molecule has 0 aromatic carbocycles. The highest BCUT2D eigenvalue weighted by atomic mass is 16.7. The SMILES string of the molecule is COC(=O)C1(OC)CC=C(B2OC(C)C(C)(C)O2)CC1. The first-order valence-corrected chi connectivity index (χ1v) is 7.00. The largest absolute Gasteiger partial charge is 0.490 e. The maximum atomic E-state index is 11.9. The zero-order valence-corrected chi connectivity index (χ0v) is 12.9. The van der Waals surface area contributed by atoms with E-state index in [4.69, 9.17) is 18.8 Å². The van der Waals surface area contributed by atoms with E-state index >= 15 is 0 Å². The van der Waals surface area contributed by atoms with Gasteiger partial charge >= 0.3 is 13.1 Å². The molecule has 2 aliphatic rings. The number of methoxy groups -OCH3 is 2. The van der Waals surface area contributed by atoms with E-state index in [1.54, 1.807) is 7.11 Å². The monoisotopic (exact) mass is 282 g/mol. The van der Waals surface area contributed by atoms with Crippen molar-refractivity contribution in [1.82, 2.24) is 0 Å². The van der Waals surface area contributed by atoms with Gasteiger partial charge in [0.25, 0.3) is 0 Å². The van der Waals surface area contributed by atoms with Crippen LogP contribution in [-0.2, 0) is 23.6 Å². The number of carbonyl (C=O) groups is 1. The van der Waals surface area contributed by atoms with Crippen molar-refractivity contribution in [3.8, 4) is 0 Å². The standard InChI is InChI=1S/C14H23BO5/c1-10-13(2,3)20-15(19-10)11-6-8-14(18-5,9-7-11)12(16)17-4/h6,10H,7-9H2,1-5H3. The van der Waals surface area contributed by atoms with Crippen LogP contribution in [0.25, 0.3) is 0 Å². The molecule has 2 unspecified atom stereocenters. The minimum absolute atomic E-state index is 0.0446. The summed E-state index contributed by atoms with van der Waals surface area (Å²) in [7, 11) is 2.62. The molecule has 1 aliphatic carbocycles. The smallest absolute Gasteiger partial charge is 0.467 e. The Labute approximate surface area is 120 Å². The number of hydrogen-bond donors (Lipinski definition) is 0. The van der Waals surface area contributed by atoms with Crippen LogP contribution >= 0.6 is 0 Å². The number of carbonyl (C=O) groups excluding carboxylic acids is 1. The Hall–Kier alpha value is -0.845. The quantitative estimate of drug-likeness (QED) is 0.584. The van der Waals surface area contributed by atoms with E-state index in [9.17, 15) is 4.79 Å². The molecule has 0 saturated carbocycles. The molecule has 0 aromatic heterocycles. The van der Waals surface area contributed by atoms with Crippen LogP contribution in [0.3, 0.4) is 0 Å². The van der Waals surface area contributed by atoms with Crippen LogP contribution in [0, 0.1) is 0 Å². The first kappa shape index (κ1) is 15.5. The van der Waals surface area contributed by atoms with Gasteiger partial charge in [0.15, 0.2) is 5.60 Å². The number of hydrogen-bond acceptors (Lipinski definition) is 5. The van der Waals surface area contributed by atoms with Gasteiger partial charge < -0.3 is 18.8 Å². The molecular formula is C14H23BO5. The molecule has 0 spiro atoms. The van der Waals surface area contributed by atoms with E-state index in [2.05, 4.69) is 0 Å². The molecule has 1 aliphatic heterocycles. The fourth-order valence-electron chi connectivity index (χ4n) is 2.61. The highest BCUT2D eigenvalue weighted by Crippen LogP contribution is 2.37. The van der Waals surface area contributed by atoms with Crippen LogP contribution in [0.15, 0.2) is 11.5 Å². The van der Waals surface area contributed by atoms with Gasteiger partial charge in [-0.2, -0.15) is 0 Å². The molecule has 1 saturated heterocycles. The fraction of sp³-hybridized carbons (Fsp3) is 0.786. The minimum Gasteiger partial charge on any atom is -0.467 e. The number of esters is 1. The lowest BCUT2D eigenvalue weighted by atomic mass is 9.69. The molecule has 2 rings (SSSR count). The Bertz CT molecular complexity index is 420. The molecule has 0 radical (unpaired) electrons. The first-order chi connectivity index (χ1) is 9.34. The number of allylic oxidation sites excluding steroid dienone is 1. The minimum atomic E-state index is -0.863. The van der Waals surface area contributed by atoms with Gasteiger partial charge in [-0.25, -0.2) is 4.79 Å². The fourth-order valence-corrected chi connectivity index (χ4v) is 2.61. The summed E-state index contributed by atoms with van der Waals surface area (Å²) in [5.74, 6) is -0.322. The van der Waals surface area contributed by atoms with E-state index in [0.717, 1.165) is 5.47 Å². The zero-order valence-electron chi connectivity index (χ0n) is 12.9. The second-order valence-electron chi connectivity index (χ2n) is 6.00. The van der Waals surface area contributed by atoms with Crippen molar-refractivity contribution in [1.29, 1.82) is 0 Å². The molecule has 0 N–H and O–H groups in total. The summed E-state index contributed by atoms with van der Waals surface area (Å²) in [6, 6.07) is 0. The summed E-state index contributed by atoms with van der Waals surface area (Å²) in [5, 5.41) is 0. The maximum Gasteiger partial charge on any atom is 0.490 e. The van der Waals surface area contributed by atoms with Crippen molar-refractivity contribution >= 4 is 13.1 Å². The van der Waals surface area contributed by atoms with E-state index in [0.29, 0.717) is 19.3 Å². The lowest BCUT2D eigenvalue weighted by Gasteiger charge is -2.32. The number of ether oxygens (including phenoxy) is 2. The lowest BCUT2D eigenvalue weighted by molar-refractivity contribution is -0.167. The van der Waals surface area contributed by atoms with Crippen molar-refractivity contribution in [2.24, 2.45) is 0 Å². The third kappa shape index (κ3) is 2.64. The topological polar surface area (TPSA) is 54.0 Å². The summed E-state index contributed by atoms with van der Waals surface area (Å²) in [6.07, 6.45) is 3.81. The second kappa shape index (κ2) is 5.50. The zero-order chi connectivity index (χ0) is 15.0. The predicted molar refractivity (Wildman–Crippen MR) is 75.2 cm³/mol. The van der Waals surface area contributed by atoms with Crippen molar-refractivity contribution in [3.63, 3.8) is 0 Å². The van der Waals surface area contributed by atoms with E-state index in [1.807, 2.05) is 26.8 Å². The van der Waals surface area contributed by atoms with Crippen molar-refractivity contribution in [2.75, 3.05) is 14.2 Å². The Balaban J connectivity index is 2.08. The van der Waals surface area contributed by atoms with Crippen LogP contribution in [0.1, 0.15) is 40.0 Å². The highest BCUT2D eigenvalue weighted by Gasteiger charge is 2.48. The summed E-state index contributed by atoms with van der Waals surface area (Å²) >= 11 is 0. The van der Waals surface area contributed by atoms with Crippen molar-refractivity contribution in [2.45, 2.75) is 57.3 Å². The molecule has 112 valence electrons. The third-order valence-corrected chi connectivity index (χ3v) is 4.48. The molecule has 0 bridgehead atoms. The molecule has 1 heterocycles. The van der Waals surface area contributed by atoms with Gasteiger partial charge in [-0.05, 0) is 39.1 Å². The van der Waals surface area contributed by atoms with Crippen LogP contribution in [-0.4, -0.2) is 44.6 Å². The van der Waals surface area contributed by atoms with Gasteiger partial charge in [0.1, 0.15) is 0 Å². The summed E-state index contributed by atoms with van der Waals surface area (Å²) in [5.41, 5.74) is -0.0687. The molecule has 1 fully saturated rings.